The highest BCUT2D eigenvalue weighted by Gasteiger charge is 2.38. The predicted octanol–water partition coefficient (Wildman–Crippen LogP) is 11.2. The van der Waals surface area contributed by atoms with Crippen molar-refractivity contribution in [2.75, 3.05) is 0 Å². The minimum absolute atomic E-state index is 0.239. The summed E-state index contributed by atoms with van der Waals surface area (Å²) >= 11 is 7.63. The first-order valence-corrected chi connectivity index (χ1v) is 19.1. The van der Waals surface area contributed by atoms with Crippen molar-refractivity contribution in [3.63, 3.8) is 0 Å². The maximum Gasteiger partial charge on any atom is 0.247 e. The third-order valence-electron chi connectivity index (χ3n) is 9.82. The van der Waals surface area contributed by atoms with Crippen molar-refractivity contribution in [1.29, 1.82) is 0 Å². The van der Waals surface area contributed by atoms with E-state index in [4.69, 9.17) is 0 Å². The van der Waals surface area contributed by atoms with Crippen molar-refractivity contribution in [2.45, 2.75) is 19.6 Å². The van der Waals surface area contributed by atoms with E-state index in [9.17, 15) is 0 Å². The fourth-order valence-electron chi connectivity index (χ4n) is 7.59. The van der Waals surface area contributed by atoms with Crippen LogP contribution in [0.4, 0.5) is 0 Å². The van der Waals surface area contributed by atoms with Gasteiger partial charge in [-0.25, -0.2) is 0 Å². The van der Waals surface area contributed by atoms with Gasteiger partial charge in [0.2, 0.25) is 6.71 Å². The van der Waals surface area contributed by atoms with Gasteiger partial charge in [-0.3, -0.25) is 0 Å². The van der Waals surface area contributed by atoms with Crippen LogP contribution in [-0.2, 0) is 0 Å². The van der Waals surface area contributed by atoms with E-state index >= 15 is 0 Å². The van der Waals surface area contributed by atoms with E-state index in [1.165, 1.54) is 98.6 Å². The minimum atomic E-state index is 0.239. The number of fused-ring (bicyclic) bond motifs is 10. The second-order valence-corrected chi connectivity index (χ2v) is 16.8. The third-order valence-corrected chi connectivity index (χ3v) is 14.4. The smallest absolute Gasteiger partial charge is 0.135 e. The van der Waals surface area contributed by atoms with E-state index in [2.05, 4.69) is 140 Å². The Morgan fingerprint density at radius 2 is 0.787 bits per heavy atom. The van der Waals surface area contributed by atoms with Crippen LogP contribution in [0, 0.1) is 0 Å². The molecule has 2 aromatic heterocycles. The van der Waals surface area contributed by atoms with Crippen LogP contribution in [-0.4, -0.2) is 6.71 Å². The molecule has 0 fully saturated rings. The molecule has 2 aliphatic heterocycles. The number of hydrogen-bond donors (Lipinski definition) is 0. The van der Waals surface area contributed by atoms with E-state index in [1.54, 1.807) is 0 Å². The standard InChI is InChI=1S/C42H23BS4/c1-3-8-34-28(6-1)30-20-24(14-18-36(30)44-34)26-12-16-32-40(22-26)46-38-10-5-11-39-42(38)43(32)33-17-13-27(23-41(33)47-39)25-15-19-37-31(21-25)29-7-2-4-9-35(29)45-37/h1-23H. The highest BCUT2D eigenvalue weighted by atomic mass is 32.2. The zero-order chi connectivity index (χ0) is 30.6. The van der Waals surface area contributed by atoms with Crippen molar-refractivity contribution in [2.24, 2.45) is 0 Å². The van der Waals surface area contributed by atoms with Crippen LogP contribution in [0.1, 0.15) is 0 Å². The lowest BCUT2D eigenvalue weighted by Crippen LogP contribution is -2.57. The molecular weight excluding hydrogens is 644 g/mol. The Bertz CT molecular complexity index is 2580. The highest BCUT2D eigenvalue weighted by Crippen LogP contribution is 2.42. The molecule has 0 unspecified atom stereocenters. The molecule has 0 aliphatic carbocycles. The predicted molar refractivity (Wildman–Crippen MR) is 209 cm³/mol. The largest absolute Gasteiger partial charge is 0.247 e. The molecule has 9 aromatic rings. The van der Waals surface area contributed by atoms with Gasteiger partial charge >= 0.3 is 0 Å². The normalized spacial score (nSPS) is 13.3. The summed E-state index contributed by atoms with van der Waals surface area (Å²) in [5.74, 6) is 0. The fraction of sp³-hybridized carbons (Fsp3) is 0. The first kappa shape index (κ1) is 26.8. The summed E-state index contributed by atoms with van der Waals surface area (Å²) in [6.07, 6.45) is 0. The first-order chi connectivity index (χ1) is 23.2. The van der Waals surface area contributed by atoms with Crippen molar-refractivity contribution in [1.82, 2.24) is 0 Å². The quantitative estimate of drug-likeness (QED) is 0.168. The summed E-state index contributed by atoms with van der Waals surface area (Å²) in [7, 11) is 0. The molecule has 218 valence electrons. The van der Waals surface area contributed by atoms with Crippen LogP contribution < -0.4 is 16.4 Å². The summed E-state index contributed by atoms with van der Waals surface area (Å²) in [5.41, 5.74) is 9.44. The summed E-state index contributed by atoms with van der Waals surface area (Å²) in [6.45, 7) is 0.239. The van der Waals surface area contributed by atoms with Gasteiger partial charge in [-0.05, 0) is 88.4 Å². The number of rotatable bonds is 2. The highest BCUT2D eigenvalue weighted by molar-refractivity contribution is 8.01. The lowest BCUT2D eigenvalue weighted by Gasteiger charge is -2.33. The Labute approximate surface area is 289 Å². The second-order valence-electron chi connectivity index (χ2n) is 12.4. The topological polar surface area (TPSA) is 0 Å². The maximum atomic E-state index is 2.43. The van der Waals surface area contributed by atoms with Gasteiger partial charge in [0.05, 0.1) is 0 Å². The van der Waals surface area contributed by atoms with E-state index < -0.39 is 0 Å². The summed E-state index contributed by atoms with van der Waals surface area (Å²) in [5, 5.41) is 5.40. The number of hydrogen-bond acceptors (Lipinski definition) is 4. The molecule has 0 spiro atoms. The molecular formula is C42H23BS4. The molecule has 0 amide bonds. The summed E-state index contributed by atoms with van der Waals surface area (Å²) in [6, 6.07) is 52.7. The van der Waals surface area contributed by atoms with Gasteiger partial charge in [0.15, 0.2) is 0 Å². The average molecular weight is 667 g/mol. The van der Waals surface area contributed by atoms with Gasteiger partial charge in [0.25, 0.3) is 0 Å². The molecule has 0 saturated carbocycles. The Hall–Kier alpha value is -4.26. The molecule has 0 saturated heterocycles. The fourth-order valence-corrected chi connectivity index (χ4v) is 12.3. The van der Waals surface area contributed by atoms with Crippen LogP contribution >= 0.6 is 46.2 Å². The Morgan fingerprint density at radius 3 is 1.32 bits per heavy atom. The average Bonchev–Trinajstić information content (AvgIpc) is 3.68. The van der Waals surface area contributed by atoms with E-state index in [-0.39, 0.29) is 6.71 Å². The number of benzene rings is 7. The van der Waals surface area contributed by atoms with Crippen LogP contribution in [0.25, 0.3) is 62.6 Å². The lowest BCUT2D eigenvalue weighted by molar-refractivity contribution is 1.33. The Balaban J connectivity index is 1.02. The minimum Gasteiger partial charge on any atom is -0.135 e. The van der Waals surface area contributed by atoms with Crippen molar-refractivity contribution >= 4 is 110 Å². The van der Waals surface area contributed by atoms with Gasteiger partial charge in [-0.15, -0.1) is 22.7 Å². The Kier molecular flexibility index (Phi) is 5.77. The molecule has 4 heterocycles. The van der Waals surface area contributed by atoms with E-state index in [1.807, 2.05) is 46.2 Å². The van der Waals surface area contributed by atoms with Crippen molar-refractivity contribution in [3.8, 4) is 22.3 Å². The van der Waals surface area contributed by atoms with Gasteiger partial charge in [-0.1, -0.05) is 113 Å². The molecule has 0 N–H and O–H groups in total. The van der Waals surface area contributed by atoms with Gasteiger partial charge in [0.1, 0.15) is 0 Å². The van der Waals surface area contributed by atoms with Crippen LogP contribution in [0.3, 0.4) is 0 Å². The van der Waals surface area contributed by atoms with Crippen molar-refractivity contribution in [3.05, 3.63) is 140 Å². The molecule has 0 nitrogen and oxygen atoms in total. The van der Waals surface area contributed by atoms with Crippen LogP contribution in [0.2, 0.25) is 0 Å². The van der Waals surface area contributed by atoms with Gasteiger partial charge in [0, 0.05) is 59.9 Å². The van der Waals surface area contributed by atoms with Crippen LogP contribution in [0.15, 0.2) is 159 Å². The first-order valence-electron chi connectivity index (χ1n) is 15.8. The molecule has 47 heavy (non-hydrogen) atoms. The van der Waals surface area contributed by atoms with E-state index in [0.29, 0.717) is 0 Å². The molecule has 7 aromatic carbocycles. The SMILES string of the molecule is c1cc2c3c(c1)Sc1cc(-c4ccc5sc6ccccc6c5c4)ccc1B3c1ccc(-c3ccc4sc5ccccc5c4c3)cc1S2. The molecule has 2 aliphatic rings. The molecule has 0 radical (unpaired) electrons. The maximum absolute atomic E-state index is 2.43. The van der Waals surface area contributed by atoms with Gasteiger partial charge in [-0.2, -0.15) is 0 Å². The number of thiophene rings is 2. The van der Waals surface area contributed by atoms with Crippen molar-refractivity contribution < 1.29 is 0 Å². The van der Waals surface area contributed by atoms with Gasteiger partial charge < -0.3 is 0 Å². The van der Waals surface area contributed by atoms with Crippen LogP contribution in [0.5, 0.6) is 0 Å². The Morgan fingerprint density at radius 1 is 0.340 bits per heavy atom. The zero-order valence-electron chi connectivity index (χ0n) is 25.0. The molecule has 0 atom stereocenters. The molecule has 5 heteroatoms. The second kappa shape index (κ2) is 10.1. The van der Waals surface area contributed by atoms with E-state index in [0.717, 1.165) is 0 Å². The third kappa shape index (κ3) is 4.04. The molecule has 11 rings (SSSR count). The summed E-state index contributed by atoms with van der Waals surface area (Å²) < 4.78 is 5.40. The lowest BCUT2D eigenvalue weighted by atomic mass is 9.36. The zero-order valence-corrected chi connectivity index (χ0v) is 28.3. The molecule has 0 bridgehead atoms. The summed E-state index contributed by atoms with van der Waals surface area (Å²) in [4.78, 5) is 5.50. The monoisotopic (exact) mass is 666 g/mol.